The van der Waals surface area contributed by atoms with E-state index in [2.05, 4.69) is 28.4 Å². The molecule has 2 aromatic rings. The number of rotatable bonds is 4. The second-order valence-corrected chi connectivity index (χ2v) is 5.55. The normalized spacial score (nSPS) is 15.0. The fourth-order valence-electron chi connectivity index (χ4n) is 2.88. The maximum atomic E-state index is 13.2. The largest absolute Gasteiger partial charge is 0.379 e. The number of hydrogen-bond acceptors (Lipinski definition) is 2. The summed E-state index contributed by atoms with van der Waals surface area (Å²) in [4.78, 5) is 2.44. The van der Waals surface area contributed by atoms with Crippen molar-refractivity contribution in [3.05, 3.63) is 59.9 Å². The van der Waals surface area contributed by atoms with Gasteiger partial charge in [0.05, 0.1) is 11.4 Å². The molecular weight excluding hydrogens is 263 g/mol. The Morgan fingerprint density at radius 2 is 1.76 bits per heavy atom. The maximum absolute atomic E-state index is 13.2. The van der Waals surface area contributed by atoms with Crippen molar-refractivity contribution in [3.63, 3.8) is 0 Å². The van der Waals surface area contributed by atoms with Crippen molar-refractivity contribution in [2.24, 2.45) is 0 Å². The molecule has 0 bridgehead atoms. The van der Waals surface area contributed by atoms with E-state index in [4.69, 9.17) is 0 Å². The van der Waals surface area contributed by atoms with Crippen LogP contribution in [0.3, 0.4) is 0 Å². The zero-order valence-electron chi connectivity index (χ0n) is 12.2. The van der Waals surface area contributed by atoms with Crippen LogP contribution in [-0.4, -0.2) is 13.1 Å². The first-order chi connectivity index (χ1) is 10.3. The molecule has 0 radical (unpaired) electrons. The number of benzene rings is 2. The Morgan fingerprint density at radius 1 is 0.952 bits per heavy atom. The number of halogens is 1. The maximum Gasteiger partial charge on any atom is 0.123 e. The van der Waals surface area contributed by atoms with Crippen molar-refractivity contribution in [3.8, 4) is 0 Å². The minimum absolute atomic E-state index is 0.182. The first-order valence-corrected chi connectivity index (χ1v) is 7.65. The lowest BCUT2D eigenvalue weighted by Crippen LogP contribution is -2.30. The molecule has 1 saturated heterocycles. The van der Waals surface area contributed by atoms with Gasteiger partial charge in [-0.05, 0) is 49.1 Å². The summed E-state index contributed by atoms with van der Waals surface area (Å²) in [6, 6.07) is 15.1. The summed E-state index contributed by atoms with van der Waals surface area (Å²) in [5, 5.41) is 3.45. The summed E-state index contributed by atoms with van der Waals surface area (Å²) in [6.45, 7) is 2.89. The Labute approximate surface area is 125 Å². The quantitative estimate of drug-likeness (QED) is 0.893. The van der Waals surface area contributed by atoms with Gasteiger partial charge < -0.3 is 10.2 Å². The van der Waals surface area contributed by atoms with Gasteiger partial charge in [-0.25, -0.2) is 4.39 Å². The lowest BCUT2D eigenvalue weighted by atomic mass is 10.1. The van der Waals surface area contributed by atoms with E-state index in [9.17, 15) is 4.39 Å². The summed E-state index contributed by atoms with van der Waals surface area (Å²) >= 11 is 0. The SMILES string of the molecule is Fc1cccc(CNc2ccccc2N2CCCCC2)c1. The van der Waals surface area contributed by atoms with Crippen molar-refractivity contribution in [1.29, 1.82) is 0 Å². The van der Waals surface area contributed by atoms with E-state index in [1.165, 1.54) is 31.0 Å². The highest BCUT2D eigenvalue weighted by molar-refractivity contribution is 5.70. The van der Waals surface area contributed by atoms with Crippen LogP contribution in [0.1, 0.15) is 24.8 Å². The summed E-state index contributed by atoms with van der Waals surface area (Å²) in [5.41, 5.74) is 3.35. The van der Waals surface area contributed by atoms with Crippen LogP contribution in [0.4, 0.5) is 15.8 Å². The minimum Gasteiger partial charge on any atom is -0.379 e. The third-order valence-electron chi connectivity index (χ3n) is 3.97. The molecule has 2 nitrogen and oxygen atoms in total. The van der Waals surface area contributed by atoms with Crippen molar-refractivity contribution in [2.75, 3.05) is 23.3 Å². The molecule has 21 heavy (non-hydrogen) atoms. The molecule has 0 saturated carbocycles. The Balaban J connectivity index is 1.73. The van der Waals surface area contributed by atoms with Crippen LogP contribution in [0.25, 0.3) is 0 Å². The van der Waals surface area contributed by atoms with Crippen LogP contribution in [0.2, 0.25) is 0 Å². The molecule has 110 valence electrons. The highest BCUT2D eigenvalue weighted by atomic mass is 19.1. The number of piperidine rings is 1. The molecular formula is C18H21FN2. The summed E-state index contributed by atoms with van der Waals surface area (Å²) in [6.07, 6.45) is 3.85. The monoisotopic (exact) mass is 284 g/mol. The fraction of sp³-hybridized carbons (Fsp3) is 0.333. The van der Waals surface area contributed by atoms with Gasteiger partial charge in [-0.3, -0.25) is 0 Å². The van der Waals surface area contributed by atoms with Gasteiger partial charge in [-0.15, -0.1) is 0 Å². The molecule has 3 heteroatoms. The molecule has 0 spiro atoms. The average Bonchev–Trinajstić information content (AvgIpc) is 2.54. The Kier molecular flexibility index (Phi) is 4.39. The standard InChI is InChI=1S/C18H21FN2/c19-16-8-6-7-15(13-16)14-20-17-9-2-3-10-18(17)21-11-4-1-5-12-21/h2-3,6-10,13,20H,1,4-5,11-12,14H2. The molecule has 0 aliphatic carbocycles. The van der Waals surface area contributed by atoms with Gasteiger partial charge in [-0.2, -0.15) is 0 Å². The second kappa shape index (κ2) is 6.61. The van der Waals surface area contributed by atoms with Gasteiger partial charge in [0.2, 0.25) is 0 Å². The van der Waals surface area contributed by atoms with E-state index in [0.29, 0.717) is 6.54 Å². The van der Waals surface area contributed by atoms with Crippen LogP contribution in [0.15, 0.2) is 48.5 Å². The van der Waals surface area contributed by atoms with Crippen LogP contribution in [0, 0.1) is 5.82 Å². The molecule has 3 rings (SSSR count). The van der Waals surface area contributed by atoms with Crippen molar-refractivity contribution < 1.29 is 4.39 Å². The van der Waals surface area contributed by atoms with E-state index in [1.54, 1.807) is 12.1 Å². The molecule has 0 unspecified atom stereocenters. The zero-order valence-corrected chi connectivity index (χ0v) is 12.2. The van der Waals surface area contributed by atoms with E-state index in [1.807, 2.05) is 12.1 Å². The van der Waals surface area contributed by atoms with E-state index >= 15 is 0 Å². The van der Waals surface area contributed by atoms with Crippen LogP contribution in [0.5, 0.6) is 0 Å². The number of anilines is 2. The highest BCUT2D eigenvalue weighted by Gasteiger charge is 2.13. The number of hydrogen-bond donors (Lipinski definition) is 1. The zero-order chi connectivity index (χ0) is 14.5. The summed E-state index contributed by atoms with van der Waals surface area (Å²) in [7, 11) is 0. The van der Waals surface area contributed by atoms with Crippen molar-refractivity contribution in [1.82, 2.24) is 0 Å². The molecule has 1 aliphatic heterocycles. The van der Waals surface area contributed by atoms with Crippen LogP contribution >= 0.6 is 0 Å². The molecule has 1 heterocycles. The van der Waals surface area contributed by atoms with Crippen molar-refractivity contribution >= 4 is 11.4 Å². The molecule has 0 amide bonds. The predicted octanol–water partition coefficient (Wildman–Crippen LogP) is 4.43. The molecule has 2 aromatic carbocycles. The van der Waals surface area contributed by atoms with Gasteiger partial charge >= 0.3 is 0 Å². The third kappa shape index (κ3) is 3.54. The summed E-state index contributed by atoms with van der Waals surface area (Å²) in [5.74, 6) is -0.182. The van der Waals surface area contributed by atoms with Crippen molar-refractivity contribution in [2.45, 2.75) is 25.8 Å². The Morgan fingerprint density at radius 3 is 2.57 bits per heavy atom. The van der Waals surface area contributed by atoms with E-state index in [-0.39, 0.29) is 5.82 Å². The van der Waals surface area contributed by atoms with Gasteiger partial charge in [0, 0.05) is 19.6 Å². The van der Waals surface area contributed by atoms with Gasteiger partial charge in [0.25, 0.3) is 0 Å². The molecule has 1 N–H and O–H groups in total. The molecule has 0 aromatic heterocycles. The van der Waals surface area contributed by atoms with Crippen LogP contribution < -0.4 is 10.2 Å². The second-order valence-electron chi connectivity index (χ2n) is 5.55. The lowest BCUT2D eigenvalue weighted by Gasteiger charge is -2.30. The molecule has 1 fully saturated rings. The van der Waals surface area contributed by atoms with Gasteiger partial charge in [0.1, 0.15) is 5.82 Å². The topological polar surface area (TPSA) is 15.3 Å². The highest BCUT2D eigenvalue weighted by Crippen LogP contribution is 2.28. The Bertz CT molecular complexity index is 591. The van der Waals surface area contributed by atoms with Gasteiger partial charge in [-0.1, -0.05) is 24.3 Å². The first-order valence-electron chi connectivity index (χ1n) is 7.65. The summed E-state index contributed by atoms with van der Waals surface area (Å²) < 4.78 is 13.2. The average molecular weight is 284 g/mol. The predicted molar refractivity (Wildman–Crippen MR) is 86.2 cm³/mol. The Hall–Kier alpha value is -2.03. The smallest absolute Gasteiger partial charge is 0.123 e. The number of para-hydroxylation sites is 2. The van der Waals surface area contributed by atoms with Gasteiger partial charge in [0.15, 0.2) is 0 Å². The van der Waals surface area contributed by atoms with Crippen LogP contribution in [-0.2, 0) is 6.54 Å². The molecule has 1 aliphatic rings. The van der Waals surface area contributed by atoms with E-state index < -0.39 is 0 Å². The fourth-order valence-corrected chi connectivity index (χ4v) is 2.88. The lowest BCUT2D eigenvalue weighted by molar-refractivity contribution is 0.578. The minimum atomic E-state index is -0.182. The molecule has 0 atom stereocenters. The third-order valence-corrected chi connectivity index (χ3v) is 3.97. The first kappa shape index (κ1) is 13.9. The number of nitrogens with one attached hydrogen (secondary N) is 1. The van der Waals surface area contributed by atoms with E-state index in [0.717, 1.165) is 24.3 Å². The number of nitrogens with zero attached hydrogens (tertiary/aromatic N) is 1.